The highest BCUT2D eigenvalue weighted by Gasteiger charge is 2.32. The van der Waals surface area contributed by atoms with Gasteiger partial charge in [0.25, 0.3) is 0 Å². The second-order valence-electron chi connectivity index (χ2n) is 4.08. The van der Waals surface area contributed by atoms with Gasteiger partial charge in [-0.1, -0.05) is 20.3 Å². The zero-order valence-electron chi connectivity index (χ0n) is 8.76. The van der Waals surface area contributed by atoms with Crippen LogP contribution in [0.5, 0.6) is 0 Å². The lowest BCUT2D eigenvalue weighted by Crippen LogP contribution is -2.43. The molecule has 76 valence electrons. The predicted molar refractivity (Wildman–Crippen MR) is 53.5 cm³/mol. The van der Waals surface area contributed by atoms with Gasteiger partial charge in [-0.3, -0.25) is 4.79 Å². The van der Waals surface area contributed by atoms with Crippen molar-refractivity contribution in [1.82, 2.24) is 10.6 Å². The van der Waals surface area contributed by atoms with Crippen LogP contribution in [-0.4, -0.2) is 25.0 Å². The normalized spacial score (nSPS) is 28.0. The molecule has 1 fully saturated rings. The molecule has 0 aromatic carbocycles. The van der Waals surface area contributed by atoms with E-state index >= 15 is 0 Å². The third kappa shape index (κ3) is 2.69. The smallest absolute Gasteiger partial charge is 0.224 e. The van der Waals surface area contributed by atoms with Gasteiger partial charge in [-0.15, -0.1) is 0 Å². The molecular weight excluding hydrogens is 164 g/mol. The monoisotopic (exact) mass is 184 g/mol. The molecular formula is C10H20N2O. The van der Waals surface area contributed by atoms with Gasteiger partial charge in [-0.05, 0) is 12.8 Å². The molecule has 1 amide bonds. The molecule has 0 spiro atoms. The lowest BCUT2D eigenvalue weighted by atomic mass is 10.0. The van der Waals surface area contributed by atoms with E-state index in [0.29, 0.717) is 12.1 Å². The average Bonchev–Trinajstić information content (AvgIpc) is 2.50. The van der Waals surface area contributed by atoms with Crippen molar-refractivity contribution in [2.45, 2.75) is 45.2 Å². The minimum absolute atomic E-state index is 0.187. The number of carbonyl (C=O) groups is 1. The molecule has 0 aromatic heterocycles. The molecule has 0 radical (unpaired) electrons. The Kier molecular flexibility index (Phi) is 3.72. The van der Waals surface area contributed by atoms with Crippen molar-refractivity contribution in [3.05, 3.63) is 0 Å². The van der Waals surface area contributed by atoms with Crippen molar-refractivity contribution in [3.8, 4) is 0 Å². The fraction of sp³-hybridized carbons (Fsp3) is 0.900. The zero-order valence-corrected chi connectivity index (χ0v) is 8.76. The van der Waals surface area contributed by atoms with Crippen LogP contribution in [0.3, 0.4) is 0 Å². The van der Waals surface area contributed by atoms with E-state index in [4.69, 9.17) is 0 Å². The molecule has 13 heavy (non-hydrogen) atoms. The molecule has 0 heterocycles. The summed E-state index contributed by atoms with van der Waals surface area (Å²) in [7, 11) is 1.72. The summed E-state index contributed by atoms with van der Waals surface area (Å²) >= 11 is 0. The van der Waals surface area contributed by atoms with Crippen LogP contribution in [-0.2, 0) is 4.79 Å². The SMILES string of the molecule is CNC(=O)C1CCCC1NC(C)C. The molecule has 0 aromatic rings. The summed E-state index contributed by atoms with van der Waals surface area (Å²) in [6.07, 6.45) is 3.34. The fourth-order valence-electron chi connectivity index (χ4n) is 2.09. The highest BCUT2D eigenvalue weighted by atomic mass is 16.1. The van der Waals surface area contributed by atoms with Gasteiger partial charge in [0.2, 0.25) is 5.91 Å². The summed E-state index contributed by atoms with van der Waals surface area (Å²) in [4.78, 5) is 11.5. The number of amides is 1. The Labute approximate surface area is 80.3 Å². The molecule has 3 heteroatoms. The minimum Gasteiger partial charge on any atom is -0.359 e. The van der Waals surface area contributed by atoms with E-state index in [1.807, 2.05) is 0 Å². The summed E-state index contributed by atoms with van der Waals surface area (Å²) in [5.74, 6) is 0.378. The molecule has 1 rings (SSSR count). The Morgan fingerprint density at radius 3 is 2.62 bits per heavy atom. The van der Waals surface area contributed by atoms with Gasteiger partial charge in [-0.25, -0.2) is 0 Å². The molecule has 2 unspecified atom stereocenters. The average molecular weight is 184 g/mol. The Hall–Kier alpha value is -0.570. The predicted octanol–water partition coefficient (Wildman–Crippen LogP) is 0.899. The first-order chi connectivity index (χ1) is 6.15. The first-order valence-electron chi connectivity index (χ1n) is 5.12. The molecule has 2 N–H and O–H groups in total. The Morgan fingerprint density at radius 2 is 2.08 bits per heavy atom. The van der Waals surface area contributed by atoms with E-state index in [1.165, 1.54) is 6.42 Å². The van der Waals surface area contributed by atoms with Crippen molar-refractivity contribution >= 4 is 5.91 Å². The first kappa shape index (κ1) is 10.5. The van der Waals surface area contributed by atoms with E-state index in [1.54, 1.807) is 7.05 Å². The number of hydrogen-bond acceptors (Lipinski definition) is 2. The van der Waals surface area contributed by atoms with E-state index in [-0.39, 0.29) is 11.8 Å². The van der Waals surface area contributed by atoms with Crippen molar-refractivity contribution in [3.63, 3.8) is 0 Å². The third-order valence-corrected chi connectivity index (χ3v) is 2.65. The zero-order chi connectivity index (χ0) is 9.84. The van der Waals surface area contributed by atoms with Crippen molar-refractivity contribution in [1.29, 1.82) is 0 Å². The fourth-order valence-corrected chi connectivity index (χ4v) is 2.09. The standard InChI is InChI=1S/C10H20N2O/c1-7(2)12-9-6-4-5-8(9)10(13)11-3/h7-9,12H,4-6H2,1-3H3,(H,11,13). The lowest BCUT2D eigenvalue weighted by molar-refractivity contribution is -0.124. The second kappa shape index (κ2) is 4.61. The third-order valence-electron chi connectivity index (χ3n) is 2.65. The van der Waals surface area contributed by atoms with Gasteiger partial charge in [0, 0.05) is 19.1 Å². The van der Waals surface area contributed by atoms with Gasteiger partial charge in [-0.2, -0.15) is 0 Å². The Balaban J connectivity index is 2.48. The summed E-state index contributed by atoms with van der Waals surface area (Å²) < 4.78 is 0. The Morgan fingerprint density at radius 1 is 1.38 bits per heavy atom. The maximum absolute atomic E-state index is 11.5. The van der Waals surface area contributed by atoms with E-state index in [9.17, 15) is 4.79 Å². The van der Waals surface area contributed by atoms with Crippen molar-refractivity contribution in [2.75, 3.05) is 7.05 Å². The van der Waals surface area contributed by atoms with Gasteiger partial charge in [0.05, 0.1) is 5.92 Å². The quantitative estimate of drug-likeness (QED) is 0.684. The molecule has 0 bridgehead atoms. The van der Waals surface area contributed by atoms with Crippen LogP contribution >= 0.6 is 0 Å². The van der Waals surface area contributed by atoms with E-state index < -0.39 is 0 Å². The minimum atomic E-state index is 0.187. The largest absolute Gasteiger partial charge is 0.359 e. The highest BCUT2D eigenvalue weighted by Crippen LogP contribution is 2.25. The Bertz CT molecular complexity index is 180. The molecule has 1 aliphatic rings. The van der Waals surface area contributed by atoms with Crippen molar-refractivity contribution < 1.29 is 4.79 Å². The topological polar surface area (TPSA) is 41.1 Å². The summed E-state index contributed by atoms with van der Waals surface area (Å²) in [5, 5.41) is 6.18. The van der Waals surface area contributed by atoms with Crippen LogP contribution in [0.4, 0.5) is 0 Å². The van der Waals surface area contributed by atoms with Crippen LogP contribution in [0.2, 0.25) is 0 Å². The first-order valence-corrected chi connectivity index (χ1v) is 5.12. The van der Waals surface area contributed by atoms with Crippen LogP contribution < -0.4 is 10.6 Å². The number of rotatable bonds is 3. The van der Waals surface area contributed by atoms with Crippen LogP contribution in [0.1, 0.15) is 33.1 Å². The number of carbonyl (C=O) groups excluding carboxylic acids is 1. The number of nitrogens with one attached hydrogen (secondary N) is 2. The van der Waals surface area contributed by atoms with Crippen LogP contribution in [0.15, 0.2) is 0 Å². The van der Waals surface area contributed by atoms with E-state index in [0.717, 1.165) is 12.8 Å². The van der Waals surface area contributed by atoms with Crippen LogP contribution in [0.25, 0.3) is 0 Å². The van der Waals surface area contributed by atoms with Gasteiger partial charge >= 0.3 is 0 Å². The second-order valence-corrected chi connectivity index (χ2v) is 4.08. The molecule has 2 atom stereocenters. The van der Waals surface area contributed by atoms with Crippen molar-refractivity contribution in [2.24, 2.45) is 5.92 Å². The lowest BCUT2D eigenvalue weighted by Gasteiger charge is -2.21. The van der Waals surface area contributed by atoms with Crippen LogP contribution in [0, 0.1) is 5.92 Å². The molecule has 1 saturated carbocycles. The molecule has 1 aliphatic carbocycles. The maximum Gasteiger partial charge on any atom is 0.224 e. The van der Waals surface area contributed by atoms with Gasteiger partial charge in [0.15, 0.2) is 0 Å². The number of hydrogen-bond donors (Lipinski definition) is 2. The summed E-state index contributed by atoms with van der Waals surface area (Å²) in [5.41, 5.74) is 0. The molecule has 3 nitrogen and oxygen atoms in total. The van der Waals surface area contributed by atoms with E-state index in [2.05, 4.69) is 24.5 Å². The maximum atomic E-state index is 11.5. The highest BCUT2D eigenvalue weighted by molar-refractivity contribution is 5.79. The summed E-state index contributed by atoms with van der Waals surface area (Å²) in [6.45, 7) is 4.25. The molecule has 0 aliphatic heterocycles. The molecule has 0 saturated heterocycles. The van der Waals surface area contributed by atoms with Gasteiger partial charge < -0.3 is 10.6 Å². The summed E-state index contributed by atoms with van der Waals surface area (Å²) in [6, 6.07) is 0.857. The van der Waals surface area contributed by atoms with Gasteiger partial charge in [0.1, 0.15) is 0 Å².